The molecule has 6 nitrogen and oxygen atoms in total. The summed E-state index contributed by atoms with van der Waals surface area (Å²) < 4.78 is 5.32. The second-order valence-electron chi connectivity index (χ2n) is 5.90. The van der Waals surface area contributed by atoms with Gasteiger partial charge in [-0.25, -0.2) is 4.79 Å². The number of nitrogens with one attached hydrogen (secondary N) is 1. The van der Waals surface area contributed by atoms with Crippen LogP contribution in [0.15, 0.2) is 54.6 Å². The van der Waals surface area contributed by atoms with Gasteiger partial charge >= 0.3 is 6.09 Å². The molecule has 1 fully saturated rings. The third-order valence-electron chi connectivity index (χ3n) is 4.16. The van der Waals surface area contributed by atoms with Crippen molar-refractivity contribution >= 4 is 17.7 Å². The second-order valence-corrected chi connectivity index (χ2v) is 5.90. The number of likely N-dealkylation sites (tertiary alicyclic amines) is 1. The number of aromatic hydroxyl groups is 1. The van der Waals surface area contributed by atoms with E-state index in [1.807, 2.05) is 30.3 Å². The summed E-state index contributed by atoms with van der Waals surface area (Å²) in [6, 6.07) is 15.3. The number of ether oxygens (including phenoxy) is 1. The predicted octanol–water partition coefficient (Wildman–Crippen LogP) is 3.13. The summed E-state index contributed by atoms with van der Waals surface area (Å²) in [4.78, 5) is 26.3. The molecule has 130 valence electrons. The van der Waals surface area contributed by atoms with Gasteiger partial charge in [0.1, 0.15) is 18.4 Å². The molecule has 1 aliphatic rings. The van der Waals surface area contributed by atoms with Gasteiger partial charge in [-0.05, 0) is 30.5 Å². The van der Waals surface area contributed by atoms with Crippen molar-refractivity contribution in [3.63, 3.8) is 0 Å². The molecule has 3 rings (SSSR count). The number of phenolic OH excluding ortho intramolecular Hbond substituents is 1. The van der Waals surface area contributed by atoms with Crippen molar-refractivity contribution in [3.05, 3.63) is 60.2 Å². The molecule has 6 heteroatoms. The molecule has 25 heavy (non-hydrogen) atoms. The molecule has 2 aromatic rings. The second kappa shape index (κ2) is 7.70. The highest BCUT2D eigenvalue weighted by Gasteiger charge is 2.35. The lowest BCUT2D eigenvalue weighted by Crippen LogP contribution is -2.43. The van der Waals surface area contributed by atoms with E-state index in [2.05, 4.69) is 5.32 Å². The van der Waals surface area contributed by atoms with Gasteiger partial charge in [0.15, 0.2) is 0 Å². The van der Waals surface area contributed by atoms with Gasteiger partial charge < -0.3 is 15.2 Å². The number of carbonyl (C=O) groups excluding carboxylic acids is 2. The highest BCUT2D eigenvalue weighted by Crippen LogP contribution is 2.25. The van der Waals surface area contributed by atoms with Crippen molar-refractivity contribution in [1.82, 2.24) is 4.90 Å². The molecule has 0 aromatic heterocycles. The van der Waals surface area contributed by atoms with Crippen LogP contribution >= 0.6 is 0 Å². The lowest BCUT2D eigenvalue weighted by Gasteiger charge is -2.23. The quantitative estimate of drug-likeness (QED) is 0.838. The van der Waals surface area contributed by atoms with Crippen LogP contribution in [0.25, 0.3) is 0 Å². The number of carbonyl (C=O) groups is 2. The van der Waals surface area contributed by atoms with Gasteiger partial charge in [0.2, 0.25) is 5.91 Å². The first kappa shape index (κ1) is 16.8. The zero-order chi connectivity index (χ0) is 17.6. The summed E-state index contributed by atoms with van der Waals surface area (Å²) in [5.41, 5.74) is 1.22. The molecule has 1 aliphatic heterocycles. The molecule has 0 spiro atoms. The van der Waals surface area contributed by atoms with Crippen LogP contribution in [0.4, 0.5) is 10.5 Å². The first-order valence-electron chi connectivity index (χ1n) is 8.21. The lowest BCUT2D eigenvalue weighted by molar-refractivity contribution is -0.120. The molecule has 0 aliphatic carbocycles. The Balaban J connectivity index is 1.60. The molecule has 1 atom stereocenters. The number of rotatable bonds is 4. The summed E-state index contributed by atoms with van der Waals surface area (Å²) >= 11 is 0. The molecule has 2 aromatic carbocycles. The van der Waals surface area contributed by atoms with E-state index in [-0.39, 0.29) is 18.3 Å². The molecule has 0 saturated carbocycles. The molecule has 0 unspecified atom stereocenters. The van der Waals surface area contributed by atoms with Gasteiger partial charge in [-0.1, -0.05) is 42.5 Å². The Bertz CT molecular complexity index is 748. The van der Waals surface area contributed by atoms with Crippen molar-refractivity contribution in [1.29, 1.82) is 0 Å². The van der Waals surface area contributed by atoms with Crippen LogP contribution < -0.4 is 5.32 Å². The van der Waals surface area contributed by atoms with Gasteiger partial charge in [-0.2, -0.15) is 0 Å². The Morgan fingerprint density at radius 3 is 2.60 bits per heavy atom. The van der Waals surface area contributed by atoms with Crippen LogP contribution in [0.3, 0.4) is 0 Å². The van der Waals surface area contributed by atoms with Crippen molar-refractivity contribution in [2.24, 2.45) is 0 Å². The number of hydrogen-bond donors (Lipinski definition) is 2. The Hall–Kier alpha value is -3.02. The summed E-state index contributed by atoms with van der Waals surface area (Å²) in [5.74, 6) is -0.331. The molecular formula is C19H20N2O4. The summed E-state index contributed by atoms with van der Waals surface area (Å²) in [7, 11) is 0. The molecule has 1 heterocycles. The Morgan fingerprint density at radius 1 is 1.12 bits per heavy atom. The first-order valence-corrected chi connectivity index (χ1v) is 8.21. The molecule has 1 saturated heterocycles. The number of nitrogens with zero attached hydrogens (tertiary/aromatic N) is 1. The summed E-state index contributed by atoms with van der Waals surface area (Å²) in [5, 5.41) is 12.4. The van der Waals surface area contributed by atoms with Gasteiger partial charge in [0.05, 0.1) is 5.69 Å². The normalized spacial score (nSPS) is 16.5. The number of benzene rings is 2. The number of anilines is 1. The maximum atomic E-state index is 12.5. The van der Waals surface area contributed by atoms with E-state index in [1.54, 1.807) is 18.2 Å². The fourth-order valence-electron chi connectivity index (χ4n) is 2.86. The van der Waals surface area contributed by atoms with Crippen LogP contribution in [-0.4, -0.2) is 34.6 Å². The molecule has 0 bridgehead atoms. The van der Waals surface area contributed by atoms with Gasteiger partial charge in [-0.15, -0.1) is 0 Å². The Labute approximate surface area is 146 Å². The minimum atomic E-state index is -0.595. The van der Waals surface area contributed by atoms with Crippen LogP contribution in [-0.2, 0) is 16.1 Å². The van der Waals surface area contributed by atoms with E-state index in [4.69, 9.17) is 4.74 Å². The summed E-state index contributed by atoms with van der Waals surface area (Å²) in [6.07, 6.45) is 0.804. The standard InChI is InChI=1S/C19H20N2O4/c22-17-11-5-4-9-15(17)20-18(23)16-10-6-12-21(16)19(24)25-13-14-7-2-1-3-8-14/h1-5,7-9,11,16,22H,6,10,12-13H2,(H,20,23)/t16-/m0/s1. The SMILES string of the molecule is O=C(Nc1ccccc1O)[C@@H]1CCCN1C(=O)OCc1ccccc1. The largest absolute Gasteiger partial charge is 0.506 e. The first-order chi connectivity index (χ1) is 12.1. The maximum Gasteiger partial charge on any atom is 0.410 e. The molecule has 0 radical (unpaired) electrons. The van der Waals surface area contributed by atoms with Gasteiger partial charge in [0.25, 0.3) is 0 Å². The number of hydrogen-bond acceptors (Lipinski definition) is 4. The lowest BCUT2D eigenvalue weighted by atomic mass is 10.2. The van der Waals surface area contributed by atoms with Crippen LogP contribution in [0.1, 0.15) is 18.4 Å². The fourth-order valence-corrected chi connectivity index (χ4v) is 2.86. The average Bonchev–Trinajstić information content (AvgIpc) is 3.12. The van der Waals surface area contributed by atoms with Crippen molar-refractivity contribution in [3.8, 4) is 5.75 Å². The van der Waals surface area contributed by atoms with Crippen molar-refractivity contribution in [2.45, 2.75) is 25.5 Å². The maximum absolute atomic E-state index is 12.5. The predicted molar refractivity (Wildman–Crippen MR) is 93.1 cm³/mol. The average molecular weight is 340 g/mol. The van der Waals surface area contributed by atoms with Crippen molar-refractivity contribution in [2.75, 3.05) is 11.9 Å². The third kappa shape index (κ3) is 4.09. The van der Waals surface area contributed by atoms with Crippen LogP contribution in [0, 0.1) is 0 Å². The van der Waals surface area contributed by atoms with E-state index in [1.165, 1.54) is 11.0 Å². The van der Waals surface area contributed by atoms with Gasteiger partial charge in [0, 0.05) is 6.54 Å². The van der Waals surface area contributed by atoms with Crippen molar-refractivity contribution < 1.29 is 19.4 Å². The molecule has 2 N–H and O–H groups in total. The zero-order valence-electron chi connectivity index (χ0n) is 13.7. The highest BCUT2D eigenvalue weighted by atomic mass is 16.6. The van der Waals surface area contributed by atoms with E-state index in [0.717, 1.165) is 12.0 Å². The van der Waals surface area contributed by atoms with E-state index in [9.17, 15) is 14.7 Å². The van der Waals surface area contributed by atoms with E-state index < -0.39 is 12.1 Å². The van der Waals surface area contributed by atoms with E-state index in [0.29, 0.717) is 18.7 Å². The molecule has 2 amide bonds. The zero-order valence-corrected chi connectivity index (χ0v) is 13.7. The van der Waals surface area contributed by atoms with Crippen LogP contribution in [0.5, 0.6) is 5.75 Å². The fraction of sp³-hybridized carbons (Fsp3) is 0.263. The number of phenols is 1. The minimum Gasteiger partial charge on any atom is -0.506 e. The number of amides is 2. The van der Waals surface area contributed by atoms with E-state index >= 15 is 0 Å². The monoisotopic (exact) mass is 340 g/mol. The topological polar surface area (TPSA) is 78.9 Å². The number of para-hydroxylation sites is 2. The Morgan fingerprint density at radius 2 is 1.84 bits per heavy atom. The van der Waals surface area contributed by atoms with Gasteiger partial charge in [-0.3, -0.25) is 9.69 Å². The minimum absolute atomic E-state index is 0.00736. The third-order valence-corrected chi connectivity index (χ3v) is 4.16. The highest BCUT2D eigenvalue weighted by molar-refractivity contribution is 5.97. The van der Waals surface area contributed by atoms with Crippen LogP contribution in [0.2, 0.25) is 0 Å². The summed E-state index contributed by atoms with van der Waals surface area (Å²) in [6.45, 7) is 0.649. The molecular weight excluding hydrogens is 320 g/mol. The smallest absolute Gasteiger partial charge is 0.410 e. The Kier molecular flexibility index (Phi) is 5.18.